The van der Waals surface area contributed by atoms with Crippen LogP contribution in [0.4, 0.5) is 5.69 Å². The van der Waals surface area contributed by atoms with Gasteiger partial charge in [-0.2, -0.15) is 0 Å². The molecule has 1 aromatic heterocycles. The summed E-state index contributed by atoms with van der Waals surface area (Å²) in [4.78, 5) is 4.54. The molecule has 8 nitrogen and oxygen atoms in total. The van der Waals surface area contributed by atoms with Crippen LogP contribution in [-0.4, -0.2) is 60.3 Å². The van der Waals surface area contributed by atoms with Gasteiger partial charge in [0.15, 0.2) is 0 Å². The molecule has 1 N–H and O–H groups in total. The molecule has 182 valence electrons. The summed E-state index contributed by atoms with van der Waals surface area (Å²) in [6.45, 7) is 3.25. The zero-order valence-corrected chi connectivity index (χ0v) is 20.7. The fraction of sp³-hybridized carbons (Fsp3) is 0.333. The molecule has 0 amide bonds. The van der Waals surface area contributed by atoms with Crippen LogP contribution in [0.15, 0.2) is 70.2 Å². The van der Waals surface area contributed by atoms with E-state index >= 15 is 0 Å². The van der Waals surface area contributed by atoms with Crippen molar-refractivity contribution in [2.24, 2.45) is 0 Å². The van der Waals surface area contributed by atoms with Gasteiger partial charge in [0.2, 0.25) is 10.0 Å². The first-order valence-electron chi connectivity index (χ1n) is 10.9. The highest BCUT2D eigenvalue weighted by Gasteiger charge is 2.29. The third-order valence-electron chi connectivity index (χ3n) is 5.95. The summed E-state index contributed by atoms with van der Waals surface area (Å²) >= 11 is 6.04. The number of benzene rings is 2. The zero-order chi connectivity index (χ0) is 24.1. The molecular formula is C24H28ClN3O5S. The number of methoxy groups -OCH3 is 2. The second-order valence-electron chi connectivity index (χ2n) is 7.90. The van der Waals surface area contributed by atoms with Gasteiger partial charge in [-0.1, -0.05) is 11.6 Å². The van der Waals surface area contributed by atoms with Crippen molar-refractivity contribution in [2.45, 2.75) is 10.9 Å². The Morgan fingerprint density at radius 1 is 1.03 bits per heavy atom. The Kier molecular flexibility index (Phi) is 7.67. The summed E-state index contributed by atoms with van der Waals surface area (Å²) in [6.07, 6.45) is 1.60. The first-order chi connectivity index (χ1) is 16.4. The molecule has 1 aliphatic heterocycles. The zero-order valence-electron chi connectivity index (χ0n) is 19.1. The lowest BCUT2D eigenvalue weighted by Gasteiger charge is -2.39. The molecule has 10 heteroatoms. The van der Waals surface area contributed by atoms with E-state index in [0.29, 0.717) is 10.8 Å². The molecule has 2 heterocycles. The van der Waals surface area contributed by atoms with Gasteiger partial charge < -0.3 is 18.8 Å². The fourth-order valence-electron chi connectivity index (χ4n) is 4.10. The molecule has 1 fully saturated rings. The molecule has 4 rings (SSSR count). The smallest absolute Gasteiger partial charge is 0.244 e. The second kappa shape index (κ2) is 10.7. The van der Waals surface area contributed by atoms with Crippen LogP contribution >= 0.6 is 11.6 Å². The summed E-state index contributed by atoms with van der Waals surface area (Å²) in [5, 5.41) is 0.318. The van der Waals surface area contributed by atoms with E-state index in [1.54, 1.807) is 25.5 Å². The third-order valence-corrected chi connectivity index (χ3v) is 7.63. The van der Waals surface area contributed by atoms with Gasteiger partial charge in [-0.25, -0.2) is 13.1 Å². The first kappa shape index (κ1) is 24.4. The van der Waals surface area contributed by atoms with Crippen molar-refractivity contribution in [3.8, 4) is 11.5 Å². The number of nitrogens with one attached hydrogen (secondary N) is 1. The van der Waals surface area contributed by atoms with Crippen LogP contribution < -0.4 is 19.1 Å². The number of nitrogens with zero attached hydrogens (tertiary/aromatic N) is 2. The Balaban J connectivity index is 1.47. The maximum Gasteiger partial charge on any atom is 0.244 e. The van der Waals surface area contributed by atoms with Crippen LogP contribution in [0.25, 0.3) is 0 Å². The van der Waals surface area contributed by atoms with Crippen LogP contribution in [-0.2, 0) is 10.0 Å². The van der Waals surface area contributed by atoms with Gasteiger partial charge in [0, 0.05) is 43.4 Å². The molecular weight excluding hydrogens is 478 g/mol. The summed E-state index contributed by atoms with van der Waals surface area (Å²) < 4.78 is 45.1. The molecule has 0 saturated carbocycles. The number of hydrogen-bond acceptors (Lipinski definition) is 7. The molecule has 2 aromatic carbocycles. The topological polar surface area (TPSA) is 84.2 Å². The standard InChI is InChI=1S/C24H28ClN3O5S/c1-31-20-8-6-19(7-9-20)27-11-13-28(14-12-27)21(22-4-3-15-33-22)17-26-34(29,30)24-16-18(25)5-10-23(24)32-2/h3-10,15-16,21,26H,11-14,17H2,1-2H3. The molecule has 1 unspecified atom stereocenters. The largest absolute Gasteiger partial charge is 0.497 e. The summed E-state index contributed by atoms with van der Waals surface area (Å²) in [5.41, 5.74) is 1.13. The van der Waals surface area contributed by atoms with Gasteiger partial charge >= 0.3 is 0 Å². The lowest BCUT2D eigenvalue weighted by Crippen LogP contribution is -2.49. The van der Waals surface area contributed by atoms with Crippen molar-refractivity contribution in [1.29, 1.82) is 0 Å². The van der Waals surface area contributed by atoms with Crippen molar-refractivity contribution < 1.29 is 22.3 Å². The van der Waals surface area contributed by atoms with Gasteiger partial charge in [-0.15, -0.1) is 0 Å². The number of sulfonamides is 1. The number of ether oxygens (including phenoxy) is 2. The quantitative estimate of drug-likeness (QED) is 0.473. The van der Waals surface area contributed by atoms with Crippen LogP contribution in [0.3, 0.4) is 0 Å². The Bertz CT molecular complexity index is 1180. The van der Waals surface area contributed by atoms with Crippen LogP contribution in [0.5, 0.6) is 11.5 Å². The number of halogens is 1. The minimum Gasteiger partial charge on any atom is -0.497 e. The summed E-state index contributed by atoms with van der Waals surface area (Å²) in [7, 11) is -0.782. The van der Waals surface area contributed by atoms with Crippen LogP contribution in [0, 0.1) is 0 Å². The number of hydrogen-bond donors (Lipinski definition) is 1. The van der Waals surface area contributed by atoms with Gasteiger partial charge in [0.25, 0.3) is 0 Å². The van der Waals surface area contributed by atoms with Crippen LogP contribution in [0.1, 0.15) is 11.8 Å². The molecule has 34 heavy (non-hydrogen) atoms. The Morgan fingerprint density at radius 2 is 1.76 bits per heavy atom. The van der Waals surface area contributed by atoms with E-state index < -0.39 is 10.0 Å². The molecule has 0 aliphatic carbocycles. The van der Waals surface area contributed by atoms with Crippen molar-refractivity contribution in [2.75, 3.05) is 51.8 Å². The van der Waals surface area contributed by atoms with Gasteiger partial charge in [0.1, 0.15) is 22.2 Å². The normalized spacial score (nSPS) is 15.8. The summed E-state index contributed by atoms with van der Waals surface area (Å²) in [5.74, 6) is 1.77. The van der Waals surface area contributed by atoms with Crippen LogP contribution in [0.2, 0.25) is 5.02 Å². The minimum absolute atomic E-state index is 0.00465. The van der Waals surface area contributed by atoms with E-state index in [0.717, 1.165) is 37.6 Å². The molecule has 3 aromatic rings. The van der Waals surface area contributed by atoms with Gasteiger partial charge in [-0.3, -0.25) is 4.90 Å². The first-order valence-corrected chi connectivity index (χ1v) is 12.8. The Hall–Kier alpha value is -2.72. The van der Waals surface area contributed by atoms with Gasteiger partial charge in [-0.05, 0) is 54.6 Å². The number of rotatable bonds is 9. The maximum absolute atomic E-state index is 13.1. The average Bonchev–Trinajstić information content (AvgIpc) is 3.39. The highest BCUT2D eigenvalue weighted by atomic mass is 35.5. The van der Waals surface area contributed by atoms with E-state index in [1.165, 1.54) is 13.2 Å². The van der Waals surface area contributed by atoms with Crippen molar-refractivity contribution >= 4 is 27.3 Å². The number of furan rings is 1. The number of piperazine rings is 1. The maximum atomic E-state index is 13.1. The van der Waals surface area contributed by atoms with Crippen molar-refractivity contribution in [3.63, 3.8) is 0 Å². The minimum atomic E-state index is -3.86. The molecule has 0 radical (unpaired) electrons. The van der Waals surface area contributed by atoms with E-state index in [2.05, 4.69) is 14.5 Å². The highest BCUT2D eigenvalue weighted by molar-refractivity contribution is 7.89. The molecule has 0 bridgehead atoms. The Labute approximate surface area is 205 Å². The van der Waals surface area contributed by atoms with Crippen molar-refractivity contribution in [3.05, 3.63) is 71.6 Å². The lowest BCUT2D eigenvalue weighted by atomic mass is 10.1. The predicted molar refractivity (Wildman–Crippen MR) is 131 cm³/mol. The number of anilines is 1. The molecule has 1 atom stereocenters. The average molecular weight is 506 g/mol. The molecule has 0 spiro atoms. The Morgan fingerprint density at radius 3 is 2.38 bits per heavy atom. The molecule has 1 aliphatic rings. The van der Waals surface area contributed by atoms with Crippen molar-refractivity contribution in [1.82, 2.24) is 9.62 Å². The van der Waals surface area contributed by atoms with Gasteiger partial charge in [0.05, 0.1) is 26.5 Å². The van der Waals surface area contributed by atoms with E-state index in [9.17, 15) is 8.42 Å². The fourth-order valence-corrected chi connectivity index (χ4v) is 5.57. The second-order valence-corrected chi connectivity index (χ2v) is 10.1. The van der Waals surface area contributed by atoms with E-state index in [1.807, 2.05) is 36.4 Å². The SMILES string of the molecule is COc1ccc(N2CCN(C(CNS(=O)(=O)c3cc(Cl)ccc3OC)c3ccco3)CC2)cc1. The third kappa shape index (κ3) is 5.50. The lowest BCUT2D eigenvalue weighted by molar-refractivity contribution is 0.166. The highest BCUT2D eigenvalue weighted by Crippen LogP contribution is 2.29. The molecule has 1 saturated heterocycles. The monoisotopic (exact) mass is 505 g/mol. The predicted octanol–water partition coefficient (Wildman–Crippen LogP) is 3.79. The van der Waals surface area contributed by atoms with E-state index in [4.69, 9.17) is 25.5 Å². The summed E-state index contributed by atoms with van der Waals surface area (Å²) in [6, 6.07) is 15.9. The van der Waals surface area contributed by atoms with E-state index in [-0.39, 0.29) is 23.2 Å².